The van der Waals surface area contributed by atoms with Gasteiger partial charge in [-0.2, -0.15) is 0 Å². The van der Waals surface area contributed by atoms with Gasteiger partial charge in [0.2, 0.25) is 0 Å². The van der Waals surface area contributed by atoms with Crippen LogP contribution in [-0.2, 0) is 6.42 Å². The number of nitrogens with one attached hydrogen (secondary N) is 1. The van der Waals surface area contributed by atoms with Crippen molar-refractivity contribution >= 4 is 11.6 Å². The number of hydrogen-bond acceptors (Lipinski definition) is 4. The smallest absolute Gasteiger partial charge is 0.162 e. The highest BCUT2D eigenvalue weighted by Gasteiger charge is 2.14. The molecule has 5 heteroatoms. The van der Waals surface area contributed by atoms with Crippen molar-refractivity contribution in [2.75, 3.05) is 39.8 Å². The summed E-state index contributed by atoms with van der Waals surface area (Å²) in [6.07, 6.45) is 1.04. The first-order valence-electron chi connectivity index (χ1n) is 7.56. The Morgan fingerprint density at radius 3 is 2.57 bits per heavy atom. The number of nitrogens with zero attached hydrogens (tertiary/aromatic N) is 1. The van der Waals surface area contributed by atoms with Gasteiger partial charge in [0.15, 0.2) is 11.5 Å². The van der Waals surface area contributed by atoms with Gasteiger partial charge in [-0.25, -0.2) is 0 Å². The van der Waals surface area contributed by atoms with Gasteiger partial charge in [-0.15, -0.1) is 0 Å². The summed E-state index contributed by atoms with van der Waals surface area (Å²) in [4.78, 5) is 2.46. The lowest BCUT2D eigenvalue weighted by atomic mass is 10.1. The summed E-state index contributed by atoms with van der Waals surface area (Å²) < 4.78 is 11.2. The molecule has 0 spiro atoms. The summed E-state index contributed by atoms with van der Waals surface area (Å²) in [5, 5.41) is 4.11. The summed E-state index contributed by atoms with van der Waals surface area (Å²) in [6, 6.07) is 3.87. The highest BCUT2D eigenvalue weighted by molar-refractivity contribution is 6.31. The van der Waals surface area contributed by atoms with Crippen LogP contribution in [0.25, 0.3) is 0 Å². The zero-order valence-electron chi connectivity index (χ0n) is 13.1. The van der Waals surface area contributed by atoms with Crippen LogP contribution in [0, 0.1) is 0 Å². The molecule has 1 aliphatic heterocycles. The predicted molar refractivity (Wildman–Crippen MR) is 86.8 cm³/mol. The summed E-state index contributed by atoms with van der Waals surface area (Å²) in [5.41, 5.74) is 1.12. The number of ether oxygens (including phenoxy) is 2. The monoisotopic (exact) mass is 312 g/mol. The Kier molecular flexibility index (Phi) is 6.15. The van der Waals surface area contributed by atoms with Gasteiger partial charge < -0.3 is 19.7 Å². The third-order valence-corrected chi connectivity index (χ3v) is 3.95. The third-order valence-electron chi connectivity index (χ3n) is 3.60. The Morgan fingerprint density at radius 1 is 1.24 bits per heavy atom. The first-order valence-corrected chi connectivity index (χ1v) is 7.94. The molecule has 21 heavy (non-hydrogen) atoms. The van der Waals surface area contributed by atoms with Gasteiger partial charge in [0.1, 0.15) is 0 Å². The van der Waals surface area contributed by atoms with Crippen LogP contribution in [0.15, 0.2) is 12.1 Å². The lowest BCUT2D eigenvalue weighted by Gasteiger charge is -2.27. The van der Waals surface area contributed by atoms with E-state index in [0.717, 1.165) is 55.5 Å². The van der Waals surface area contributed by atoms with Crippen LogP contribution in [0.2, 0.25) is 5.02 Å². The second-order valence-corrected chi connectivity index (χ2v) is 6.01. The fourth-order valence-electron chi connectivity index (χ4n) is 2.49. The van der Waals surface area contributed by atoms with Gasteiger partial charge in [-0.1, -0.05) is 11.6 Å². The molecule has 0 saturated carbocycles. The molecule has 1 saturated heterocycles. The Labute approximate surface area is 132 Å². The number of rotatable bonds is 6. The number of hydrogen-bond donors (Lipinski definition) is 1. The topological polar surface area (TPSA) is 33.7 Å². The Hall–Kier alpha value is -0.970. The minimum absolute atomic E-state index is 0.112. The van der Waals surface area contributed by atoms with Crippen molar-refractivity contribution in [3.63, 3.8) is 0 Å². The van der Waals surface area contributed by atoms with Crippen LogP contribution < -0.4 is 14.8 Å². The van der Waals surface area contributed by atoms with Gasteiger partial charge in [0.25, 0.3) is 0 Å². The molecular weight excluding hydrogens is 288 g/mol. The fraction of sp³-hybridized carbons (Fsp3) is 0.625. The molecule has 4 nitrogen and oxygen atoms in total. The van der Waals surface area contributed by atoms with Crippen molar-refractivity contribution in [1.82, 2.24) is 10.2 Å². The van der Waals surface area contributed by atoms with Crippen LogP contribution >= 0.6 is 11.6 Å². The minimum Gasteiger partial charge on any atom is -0.493 e. The van der Waals surface area contributed by atoms with Crippen LogP contribution in [0.3, 0.4) is 0 Å². The van der Waals surface area contributed by atoms with Crippen molar-refractivity contribution in [2.24, 2.45) is 0 Å². The van der Waals surface area contributed by atoms with E-state index < -0.39 is 0 Å². The van der Waals surface area contributed by atoms with E-state index >= 15 is 0 Å². The van der Waals surface area contributed by atoms with E-state index in [1.807, 2.05) is 26.0 Å². The average molecular weight is 313 g/mol. The number of piperazine rings is 1. The molecule has 0 amide bonds. The molecule has 118 valence electrons. The molecule has 0 bridgehead atoms. The summed E-state index contributed by atoms with van der Waals surface area (Å²) in [7, 11) is 1.64. The number of halogens is 1. The molecule has 0 aliphatic carbocycles. The van der Waals surface area contributed by atoms with Gasteiger partial charge in [0.05, 0.1) is 13.2 Å². The van der Waals surface area contributed by atoms with Gasteiger partial charge in [-0.3, -0.25) is 0 Å². The molecule has 1 aliphatic rings. The van der Waals surface area contributed by atoms with E-state index in [9.17, 15) is 0 Å². The molecule has 1 aromatic rings. The van der Waals surface area contributed by atoms with Crippen molar-refractivity contribution in [3.05, 3.63) is 22.7 Å². The van der Waals surface area contributed by atoms with Crippen molar-refractivity contribution < 1.29 is 9.47 Å². The molecular formula is C16H25ClN2O2. The lowest BCUT2D eigenvalue weighted by molar-refractivity contribution is 0.229. The van der Waals surface area contributed by atoms with E-state index in [1.165, 1.54) is 0 Å². The molecule has 1 fully saturated rings. The van der Waals surface area contributed by atoms with Crippen molar-refractivity contribution in [3.8, 4) is 11.5 Å². The van der Waals surface area contributed by atoms with Crippen molar-refractivity contribution in [1.29, 1.82) is 0 Å². The van der Waals surface area contributed by atoms with Crippen LogP contribution in [0.4, 0.5) is 0 Å². The molecule has 1 N–H and O–H groups in total. The third kappa shape index (κ3) is 4.77. The normalized spacial score (nSPS) is 16.2. The quantitative estimate of drug-likeness (QED) is 0.875. The van der Waals surface area contributed by atoms with Gasteiger partial charge in [0, 0.05) is 43.8 Å². The molecule has 0 radical (unpaired) electrons. The summed E-state index contributed by atoms with van der Waals surface area (Å²) in [5.74, 6) is 1.46. The van der Waals surface area contributed by atoms with E-state index in [-0.39, 0.29) is 6.10 Å². The van der Waals surface area contributed by atoms with Crippen LogP contribution in [0.1, 0.15) is 19.4 Å². The zero-order chi connectivity index (χ0) is 15.2. The zero-order valence-corrected chi connectivity index (χ0v) is 13.9. The lowest BCUT2D eigenvalue weighted by Crippen LogP contribution is -2.44. The highest BCUT2D eigenvalue weighted by atomic mass is 35.5. The maximum atomic E-state index is 6.37. The second kappa shape index (κ2) is 7.87. The SMILES string of the molecule is COc1cc(Cl)c(CCN2CCNCC2)cc1OC(C)C. The average Bonchev–Trinajstić information content (AvgIpc) is 2.47. The minimum atomic E-state index is 0.112. The maximum absolute atomic E-state index is 6.37. The standard InChI is InChI=1S/C16H25ClN2O2/c1-12(2)21-16-10-13(14(17)11-15(16)20-3)4-7-19-8-5-18-6-9-19/h10-12,18H,4-9H2,1-3H3. The van der Waals surface area contributed by atoms with E-state index in [4.69, 9.17) is 21.1 Å². The Bertz CT molecular complexity index is 460. The second-order valence-electron chi connectivity index (χ2n) is 5.60. The maximum Gasteiger partial charge on any atom is 0.162 e. The molecule has 2 rings (SSSR count). The van der Waals surface area contributed by atoms with Crippen LogP contribution in [-0.4, -0.2) is 50.8 Å². The molecule has 0 unspecified atom stereocenters. The Morgan fingerprint density at radius 2 is 1.95 bits per heavy atom. The fourth-order valence-corrected chi connectivity index (χ4v) is 2.74. The van der Waals surface area contributed by atoms with Gasteiger partial charge >= 0.3 is 0 Å². The van der Waals surface area contributed by atoms with Crippen molar-refractivity contribution in [2.45, 2.75) is 26.4 Å². The largest absolute Gasteiger partial charge is 0.493 e. The Balaban J connectivity index is 2.06. The first kappa shape index (κ1) is 16.4. The van der Waals surface area contributed by atoms with E-state index in [2.05, 4.69) is 10.2 Å². The molecule has 0 aromatic heterocycles. The van der Waals surface area contributed by atoms with E-state index in [0.29, 0.717) is 5.75 Å². The van der Waals surface area contributed by atoms with Gasteiger partial charge in [-0.05, 0) is 31.9 Å². The molecule has 1 aromatic carbocycles. The van der Waals surface area contributed by atoms with E-state index in [1.54, 1.807) is 7.11 Å². The number of benzene rings is 1. The highest BCUT2D eigenvalue weighted by Crippen LogP contribution is 2.34. The van der Waals surface area contributed by atoms with Crippen LogP contribution in [0.5, 0.6) is 11.5 Å². The molecule has 1 heterocycles. The first-order chi connectivity index (χ1) is 10.1. The predicted octanol–water partition coefficient (Wildman–Crippen LogP) is 2.58. The molecule has 0 atom stereocenters. The summed E-state index contributed by atoms with van der Waals surface area (Å²) in [6.45, 7) is 9.38. The number of methoxy groups -OCH3 is 1. The summed E-state index contributed by atoms with van der Waals surface area (Å²) >= 11 is 6.37.